The van der Waals surface area contributed by atoms with E-state index < -0.39 is 17.0 Å². The minimum atomic E-state index is -3.03. The van der Waals surface area contributed by atoms with Crippen molar-refractivity contribution in [2.24, 2.45) is 0 Å². The molecule has 1 aromatic carbocycles. The van der Waals surface area contributed by atoms with Gasteiger partial charge in [0.2, 0.25) is 0 Å². The maximum atomic E-state index is 11.3. The van der Waals surface area contributed by atoms with E-state index in [1.54, 1.807) is 32.0 Å². The number of aryl methyl sites for hydroxylation is 1. The van der Waals surface area contributed by atoms with Gasteiger partial charge in [-0.2, -0.15) is 0 Å². The molecule has 0 saturated heterocycles. The summed E-state index contributed by atoms with van der Waals surface area (Å²) < 4.78 is 27.8. The van der Waals surface area contributed by atoms with Crippen LogP contribution in [0.2, 0.25) is 0 Å². The Bertz CT molecular complexity index is 498. The van der Waals surface area contributed by atoms with E-state index in [1.807, 2.05) is 0 Å². The Morgan fingerprint density at radius 2 is 2.00 bits per heavy atom. The molecule has 2 N–H and O–H groups in total. The molecule has 0 aliphatic heterocycles. The molecule has 0 saturated carbocycles. The van der Waals surface area contributed by atoms with Gasteiger partial charge in [0.25, 0.3) is 0 Å². The quantitative estimate of drug-likeness (QED) is 0.681. The second kappa shape index (κ2) is 6.22. The van der Waals surface area contributed by atoms with E-state index in [9.17, 15) is 8.42 Å². The van der Waals surface area contributed by atoms with Crippen molar-refractivity contribution < 1.29 is 23.2 Å². The molecule has 18 heavy (non-hydrogen) atoms. The summed E-state index contributed by atoms with van der Waals surface area (Å²) in [6.07, 6.45) is 0. The second-order valence-corrected chi connectivity index (χ2v) is 6.45. The van der Waals surface area contributed by atoms with Gasteiger partial charge in [0, 0.05) is 5.75 Å². The Morgan fingerprint density at radius 1 is 1.33 bits per heavy atom. The van der Waals surface area contributed by atoms with Crippen LogP contribution in [0.3, 0.4) is 0 Å². The smallest absolute Gasteiger partial charge is 0.488 e. The largest absolute Gasteiger partial charge is 0.493 e. The van der Waals surface area contributed by atoms with Gasteiger partial charge >= 0.3 is 7.12 Å². The van der Waals surface area contributed by atoms with Crippen LogP contribution in [-0.4, -0.2) is 43.7 Å². The maximum absolute atomic E-state index is 11.3. The van der Waals surface area contributed by atoms with Crippen molar-refractivity contribution in [3.63, 3.8) is 0 Å². The van der Waals surface area contributed by atoms with Gasteiger partial charge in [0.15, 0.2) is 9.84 Å². The normalized spacial score (nSPS) is 11.3. The van der Waals surface area contributed by atoms with Gasteiger partial charge < -0.3 is 14.8 Å². The molecule has 0 atom stereocenters. The van der Waals surface area contributed by atoms with Crippen LogP contribution in [0.15, 0.2) is 18.2 Å². The van der Waals surface area contributed by atoms with Gasteiger partial charge in [-0.25, -0.2) is 8.42 Å². The third-order valence-corrected chi connectivity index (χ3v) is 4.29. The highest BCUT2D eigenvalue weighted by Gasteiger charge is 2.14. The van der Waals surface area contributed by atoms with Crippen LogP contribution in [0.1, 0.15) is 12.5 Å². The number of hydrogen-bond donors (Lipinski definition) is 2. The Balaban J connectivity index is 2.62. The highest BCUT2D eigenvalue weighted by molar-refractivity contribution is 7.91. The fourth-order valence-corrected chi connectivity index (χ4v) is 2.08. The van der Waals surface area contributed by atoms with E-state index in [0.29, 0.717) is 16.8 Å². The molecule has 5 nitrogen and oxygen atoms in total. The average molecular weight is 272 g/mol. The topological polar surface area (TPSA) is 83.8 Å². The molecule has 0 spiro atoms. The van der Waals surface area contributed by atoms with Crippen LogP contribution in [0, 0.1) is 6.92 Å². The summed E-state index contributed by atoms with van der Waals surface area (Å²) in [7, 11) is -4.54. The van der Waals surface area contributed by atoms with E-state index >= 15 is 0 Å². The minimum absolute atomic E-state index is 0.0209. The summed E-state index contributed by atoms with van der Waals surface area (Å²) in [4.78, 5) is 0. The summed E-state index contributed by atoms with van der Waals surface area (Å²) in [5.41, 5.74) is 1.09. The van der Waals surface area contributed by atoms with Gasteiger partial charge in [-0.1, -0.05) is 13.0 Å². The lowest BCUT2D eigenvalue weighted by atomic mass is 9.77. The van der Waals surface area contributed by atoms with Gasteiger partial charge in [0.05, 0.1) is 5.75 Å². The van der Waals surface area contributed by atoms with Crippen molar-refractivity contribution in [1.82, 2.24) is 0 Å². The molecule has 0 fully saturated rings. The van der Waals surface area contributed by atoms with Gasteiger partial charge in [0.1, 0.15) is 12.4 Å². The lowest BCUT2D eigenvalue weighted by Gasteiger charge is -2.09. The zero-order valence-electron chi connectivity index (χ0n) is 10.5. The van der Waals surface area contributed by atoms with Crippen molar-refractivity contribution in [1.29, 1.82) is 0 Å². The Kier molecular flexibility index (Phi) is 5.19. The van der Waals surface area contributed by atoms with E-state index in [4.69, 9.17) is 14.8 Å². The average Bonchev–Trinajstić information content (AvgIpc) is 2.28. The number of hydrogen-bond acceptors (Lipinski definition) is 5. The van der Waals surface area contributed by atoms with Gasteiger partial charge in [-0.15, -0.1) is 0 Å². The first-order valence-corrected chi connectivity index (χ1v) is 7.48. The monoisotopic (exact) mass is 272 g/mol. The van der Waals surface area contributed by atoms with Crippen LogP contribution in [0.25, 0.3) is 0 Å². The summed E-state index contributed by atoms with van der Waals surface area (Å²) in [5.74, 6) is 0.598. The zero-order chi connectivity index (χ0) is 13.8. The SMILES string of the molecule is CCS(=O)(=O)CCOc1ccc(B(O)O)c(C)c1. The molecule has 0 aromatic heterocycles. The molecule has 0 radical (unpaired) electrons. The van der Waals surface area contributed by atoms with Crippen LogP contribution < -0.4 is 10.2 Å². The molecule has 0 heterocycles. The Hall–Kier alpha value is -1.05. The molecular formula is C11H17BO5S. The second-order valence-electron chi connectivity index (χ2n) is 3.98. The van der Waals surface area contributed by atoms with Gasteiger partial charge in [-0.05, 0) is 30.1 Å². The molecular weight excluding hydrogens is 255 g/mol. The van der Waals surface area contributed by atoms with Crippen molar-refractivity contribution in [2.75, 3.05) is 18.1 Å². The first kappa shape index (κ1) is 15.0. The molecule has 1 rings (SSSR count). The Labute approximate surface area is 107 Å². The van der Waals surface area contributed by atoms with Crippen molar-refractivity contribution in [3.8, 4) is 5.75 Å². The molecule has 100 valence electrons. The lowest BCUT2D eigenvalue weighted by Crippen LogP contribution is -2.31. The number of benzene rings is 1. The van der Waals surface area contributed by atoms with E-state index in [1.165, 1.54) is 0 Å². The first-order chi connectivity index (χ1) is 8.35. The number of rotatable bonds is 6. The maximum Gasteiger partial charge on any atom is 0.488 e. The first-order valence-electron chi connectivity index (χ1n) is 5.65. The van der Waals surface area contributed by atoms with Crippen molar-refractivity contribution >= 4 is 22.4 Å². The van der Waals surface area contributed by atoms with Crippen LogP contribution >= 0.6 is 0 Å². The molecule has 0 aliphatic rings. The van der Waals surface area contributed by atoms with E-state index in [0.717, 1.165) is 0 Å². The third-order valence-electron chi connectivity index (χ3n) is 2.62. The summed E-state index contributed by atoms with van der Waals surface area (Å²) >= 11 is 0. The number of sulfone groups is 1. The van der Waals surface area contributed by atoms with Crippen LogP contribution in [0.4, 0.5) is 0 Å². The Morgan fingerprint density at radius 3 is 2.50 bits per heavy atom. The van der Waals surface area contributed by atoms with E-state index in [-0.39, 0.29) is 18.1 Å². The predicted octanol–water partition coefficient (Wildman–Crippen LogP) is -0.512. The molecule has 1 aromatic rings. The molecule has 0 amide bonds. The van der Waals surface area contributed by atoms with Crippen molar-refractivity contribution in [2.45, 2.75) is 13.8 Å². The molecule has 0 bridgehead atoms. The lowest BCUT2D eigenvalue weighted by molar-refractivity contribution is 0.340. The highest BCUT2D eigenvalue weighted by Crippen LogP contribution is 2.11. The summed E-state index contributed by atoms with van der Waals surface area (Å²) in [6, 6.07) is 4.78. The fourth-order valence-electron chi connectivity index (χ4n) is 1.46. The van der Waals surface area contributed by atoms with Crippen LogP contribution in [0.5, 0.6) is 5.75 Å². The van der Waals surface area contributed by atoms with Crippen LogP contribution in [-0.2, 0) is 9.84 Å². The summed E-state index contributed by atoms with van der Waals surface area (Å²) in [5, 5.41) is 18.1. The molecule has 0 aliphatic carbocycles. The zero-order valence-corrected chi connectivity index (χ0v) is 11.3. The minimum Gasteiger partial charge on any atom is -0.493 e. The summed E-state index contributed by atoms with van der Waals surface area (Å²) in [6.45, 7) is 3.41. The molecule has 7 heteroatoms. The fraction of sp³-hybridized carbons (Fsp3) is 0.455. The number of ether oxygens (including phenoxy) is 1. The van der Waals surface area contributed by atoms with Crippen molar-refractivity contribution in [3.05, 3.63) is 23.8 Å². The van der Waals surface area contributed by atoms with E-state index in [2.05, 4.69) is 0 Å². The highest BCUT2D eigenvalue weighted by atomic mass is 32.2. The molecule has 0 unspecified atom stereocenters. The standard InChI is InChI=1S/C11H17BO5S/c1-3-18(15,16)7-6-17-10-4-5-11(12(13)14)9(2)8-10/h4-5,8,13-14H,3,6-7H2,1-2H3. The van der Waals surface area contributed by atoms with Gasteiger partial charge in [-0.3, -0.25) is 0 Å². The third kappa shape index (κ3) is 4.32. The predicted molar refractivity (Wildman–Crippen MR) is 70.8 cm³/mol.